The zero-order valence-electron chi connectivity index (χ0n) is 19.4. The number of nitrogens with zero attached hydrogens (tertiary/aromatic N) is 1. The standard InChI is InChI=1S/C26H20F3NO6/c1-33-17-9-7-16(8-10-17)30-14-21(19-12-22(34-2)23(35-3)13-20(19)24(30)31)25(32)36-18-6-4-5-15(11-18)26(27,28)29/h4-14H,1-3H3. The first kappa shape index (κ1) is 24.6. The second kappa shape index (κ2) is 9.65. The number of carbonyl (C=O) groups excluding carboxylic acids is 1. The van der Waals surface area contributed by atoms with Crippen LogP contribution >= 0.6 is 0 Å². The Bertz CT molecular complexity index is 1490. The molecule has 0 saturated heterocycles. The van der Waals surface area contributed by atoms with Crippen LogP contribution in [0.5, 0.6) is 23.0 Å². The molecule has 0 amide bonds. The predicted octanol–water partition coefficient (Wildman–Crippen LogP) is 5.25. The fraction of sp³-hybridized carbons (Fsp3) is 0.154. The molecule has 36 heavy (non-hydrogen) atoms. The molecule has 0 unspecified atom stereocenters. The van der Waals surface area contributed by atoms with Gasteiger partial charge in [-0.15, -0.1) is 0 Å². The number of benzene rings is 3. The first-order chi connectivity index (χ1) is 17.2. The number of rotatable bonds is 6. The van der Waals surface area contributed by atoms with Crippen LogP contribution in [-0.2, 0) is 6.18 Å². The van der Waals surface area contributed by atoms with E-state index in [0.29, 0.717) is 11.4 Å². The van der Waals surface area contributed by atoms with Crippen LogP contribution in [0.3, 0.4) is 0 Å². The van der Waals surface area contributed by atoms with Gasteiger partial charge in [0.15, 0.2) is 11.5 Å². The van der Waals surface area contributed by atoms with E-state index in [2.05, 4.69) is 0 Å². The van der Waals surface area contributed by atoms with Gasteiger partial charge in [0.25, 0.3) is 5.56 Å². The number of ether oxygens (including phenoxy) is 4. The van der Waals surface area contributed by atoms with E-state index in [1.807, 2.05) is 0 Å². The maximum absolute atomic E-state index is 13.4. The van der Waals surface area contributed by atoms with Gasteiger partial charge in [-0.3, -0.25) is 9.36 Å². The Morgan fingerprint density at radius 1 is 0.806 bits per heavy atom. The molecule has 7 nitrogen and oxygen atoms in total. The topological polar surface area (TPSA) is 76.0 Å². The molecule has 4 aromatic rings. The van der Waals surface area contributed by atoms with E-state index in [4.69, 9.17) is 18.9 Å². The largest absolute Gasteiger partial charge is 0.497 e. The van der Waals surface area contributed by atoms with Crippen molar-refractivity contribution in [2.75, 3.05) is 21.3 Å². The number of esters is 1. The summed E-state index contributed by atoms with van der Waals surface area (Å²) in [5.74, 6) is -0.200. The van der Waals surface area contributed by atoms with Crippen LogP contribution in [0.15, 0.2) is 71.7 Å². The number of aromatic nitrogens is 1. The van der Waals surface area contributed by atoms with Crippen LogP contribution in [-0.4, -0.2) is 31.9 Å². The molecule has 0 saturated carbocycles. The molecule has 1 aromatic heterocycles. The number of hydrogen-bond donors (Lipinski definition) is 0. The third-order valence-electron chi connectivity index (χ3n) is 5.46. The van der Waals surface area contributed by atoms with Crippen molar-refractivity contribution in [3.05, 3.63) is 88.3 Å². The third-order valence-corrected chi connectivity index (χ3v) is 5.46. The maximum atomic E-state index is 13.4. The summed E-state index contributed by atoms with van der Waals surface area (Å²) in [6.07, 6.45) is -3.34. The number of hydrogen-bond acceptors (Lipinski definition) is 6. The van der Waals surface area contributed by atoms with Crippen molar-refractivity contribution >= 4 is 16.7 Å². The normalized spacial score (nSPS) is 11.3. The van der Waals surface area contributed by atoms with Crippen molar-refractivity contribution in [1.29, 1.82) is 0 Å². The number of carbonyl (C=O) groups is 1. The first-order valence-electron chi connectivity index (χ1n) is 10.5. The minimum Gasteiger partial charge on any atom is -0.497 e. The van der Waals surface area contributed by atoms with E-state index in [1.54, 1.807) is 24.3 Å². The highest BCUT2D eigenvalue weighted by atomic mass is 19.4. The molecule has 0 radical (unpaired) electrons. The minimum atomic E-state index is -4.61. The summed E-state index contributed by atoms with van der Waals surface area (Å²) in [7, 11) is 4.29. The average Bonchev–Trinajstić information content (AvgIpc) is 2.88. The third kappa shape index (κ3) is 4.70. The Morgan fingerprint density at radius 3 is 2.03 bits per heavy atom. The lowest BCUT2D eigenvalue weighted by Crippen LogP contribution is -2.22. The molecular weight excluding hydrogens is 479 g/mol. The van der Waals surface area contributed by atoms with Crippen LogP contribution < -0.4 is 24.5 Å². The molecule has 0 N–H and O–H groups in total. The molecule has 0 aliphatic rings. The van der Waals surface area contributed by atoms with E-state index < -0.39 is 23.3 Å². The lowest BCUT2D eigenvalue weighted by Gasteiger charge is -2.15. The molecule has 3 aromatic carbocycles. The second-order valence-electron chi connectivity index (χ2n) is 7.58. The number of methoxy groups -OCH3 is 3. The maximum Gasteiger partial charge on any atom is 0.416 e. The second-order valence-corrected chi connectivity index (χ2v) is 7.58. The summed E-state index contributed by atoms with van der Waals surface area (Å²) in [4.78, 5) is 26.6. The van der Waals surface area contributed by atoms with Gasteiger partial charge in [0.2, 0.25) is 0 Å². The summed E-state index contributed by atoms with van der Waals surface area (Å²) in [6, 6.07) is 13.4. The zero-order chi connectivity index (χ0) is 26.0. The Hall–Kier alpha value is -4.47. The lowest BCUT2D eigenvalue weighted by molar-refractivity contribution is -0.137. The molecule has 186 valence electrons. The van der Waals surface area contributed by atoms with Crippen LogP contribution in [0.1, 0.15) is 15.9 Å². The molecule has 1 heterocycles. The average molecular weight is 499 g/mol. The van der Waals surface area contributed by atoms with Gasteiger partial charge in [-0.05, 0) is 54.6 Å². The van der Waals surface area contributed by atoms with Gasteiger partial charge in [0.05, 0.1) is 37.8 Å². The Balaban J connectivity index is 1.90. The molecular formula is C26H20F3NO6. The molecule has 0 spiro atoms. The van der Waals surface area contributed by atoms with Gasteiger partial charge >= 0.3 is 12.1 Å². The molecule has 0 atom stereocenters. The molecule has 10 heteroatoms. The van der Waals surface area contributed by atoms with Gasteiger partial charge in [-0.25, -0.2) is 4.79 Å². The van der Waals surface area contributed by atoms with Gasteiger partial charge in [-0.2, -0.15) is 13.2 Å². The number of halogens is 3. The van der Waals surface area contributed by atoms with E-state index >= 15 is 0 Å². The predicted molar refractivity (Wildman–Crippen MR) is 126 cm³/mol. The summed E-state index contributed by atoms with van der Waals surface area (Å²) in [6.45, 7) is 0. The molecule has 0 bridgehead atoms. The molecule has 0 aliphatic heterocycles. The van der Waals surface area contributed by atoms with Crippen molar-refractivity contribution in [2.45, 2.75) is 6.18 Å². The molecule has 0 fully saturated rings. The van der Waals surface area contributed by atoms with Crippen molar-refractivity contribution in [2.24, 2.45) is 0 Å². The van der Waals surface area contributed by atoms with Crippen molar-refractivity contribution < 1.29 is 36.9 Å². The van der Waals surface area contributed by atoms with Gasteiger partial charge < -0.3 is 18.9 Å². The van der Waals surface area contributed by atoms with Crippen LogP contribution in [0.2, 0.25) is 0 Å². The number of alkyl halides is 3. The first-order valence-corrected chi connectivity index (χ1v) is 10.5. The molecule has 0 aliphatic carbocycles. The van der Waals surface area contributed by atoms with E-state index in [0.717, 1.165) is 18.2 Å². The van der Waals surface area contributed by atoms with E-state index in [-0.39, 0.29) is 33.6 Å². The quantitative estimate of drug-likeness (QED) is 0.266. The minimum absolute atomic E-state index is 0.0706. The SMILES string of the molecule is COc1ccc(-n2cc(C(=O)Oc3cccc(C(F)(F)F)c3)c3cc(OC)c(OC)cc3c2=O)cc1. The zero-order valence-corrected chi connectivity index (χ0v) is 19.4. The Kier molecular flexibility index (Phi) is 6.61. The number of fused-ring (bicyclic) bond motifs is 1. The fourth-order valence-electron chi connectivity index (χ4n) is 3.66. The summed E-state index contributed by atoms with van der Waals surface area (Å²) >= 11 is 0. The van der Waals surface area contributed by atoms with Gasteiger partial charge in [0, 0.05) is 17.3 Å². The van der Waals surface area contributed by atoms with Crippen molar-refractivity contribution in [3.63, 3.8) is 0 Å². The van der Waals surface area contributed by atoms with Crippen LogP contribution in [0.25, 0.3) is 16.5 Å². The highest BCUT2D eigenvalue weighted by Crippen LogP contribution is 2.34. The van der Waals surface area contributed by atoms with Crippen LogP contribution in [0.4, 0.5) is 13.2 Å². The van der Waals surface area contributed by atoms with Gasteiger partial charge in [-0.1, -0.05) is 6.07 Å². The lowest BCUT2D eigenvalue weighted by atomic mass is 10.1. The smallest absolute Gasteiger partial charge is 0.416 e. The van der Waals surface area contributed by atoms with Crippen LogP contribution in [0, 0.1) is 0 Å². The Labute approximate surface area is 203 Å². The summed E-state index contributed by atoms with van der Waals surface area (Å²) < 4.78 is 61.6. The van der Waals surface area contributed by atoms with E-state index in [1.165, 1.54) is 50.3 Å². The van der Waals surface area contributed by atoms with E-state index in [9.17, 15) is 22.8 Å². The highest BCUT2D eigenvalue weighted by molar-refractivity contribution is 6.05. The molecule has 4 rings (SSSR count). The van der Waals surface area contributed by atoms with Crippen molar-refractivity contribution in [3.8, 4) is 28.7 Å². The summed E-state index contributed by atoms with van der Waals surface area (Å²) in [5, 5.41) is 0.293. The Morgan fingerprint density at radius 2 is 1.44 bits per heavy atom. The van der Waals surface area contributed by atoms with Crippen molar-refractivity contribution in [1.82, 2.24) is 4.57 Å². The highest BCUT2D eigenvalue weighted by Gasteiger charge is 2.31. The van der Waals surface area contributed by atoms with Gasteiger partial charge in [0.1, 0.15) is 11.5 Å². The fourth-order valence-corrected chi connectivity index (χ4v) is 3.66. The summed E-state index contributed by atoms with van der Waals surface area (Å²) in [5.41, 5.74) is -1.08. The monoisotopic (exact) mass is 499 g/mol. The number of pyridine rings is 1.